The van der Waals surface area contributed by atoms with Crippen LogP contribution in [0.2, 0.25) is 0 Å². The van der Waals surface area contributed by atoms with E-state index in [1.807, 2.05) is 30.3 Å². The first-order chi connectivity index (χ1) is 12.4. The zero-order valence-electron chi connectivity index (χ0n) is 16.0. The molecule has 2 amide bonds. The van der Waals surface area contributed by atoms with E-state index in [0.717, 1.165) is 6.42 Å². The lowest BCUT2D eigenvalue weighted by atomic mass is 9.82. The van der Waals surface area contributed by atoms with Crippen molar-refractivity contribution in [1.82, 2.24) is 10.2 Å². The molecule has 2 rings (SSSR count). The van der Waals surface area contributed by atoms with Gasteiger partial charge in [0.15, 0.2) is 0 Å². The first-order valence-corrected chi connectivity index (χ1v) is 9.18. The number of hydrogen-bond donors (Lipinski definition) is 2. The summed E-state index contributed by atoms with van der Waals surface area (Å²) in [4.78, 5) is 14.3. The predicted molar refractivity (Wildman–Crippen MR) is 106 cm³/mol. The van der Waals surface area contributed by atoms with E-state index in [2.05, 4.69) is 50.4 Å². The third-order valence-corrected chi connectivity index (χ3v) is 4.73. The quantitative estimate of drug-likeness (QED) is 0.762. The van der Waals surface area contributed by atoms with Crippen molar-refractivity contribution >= 4 is 6.03 Å². The molecule has 0 aromatic heterocycles. The van der Waals surface area contributed by atoms with Gasteiger partial charge in [0.25, 0.3) is 0 Å². The van der Waals surface area contributed by atoms with Crippen LogP contribution in [0, 0.1) is 6.92 Å². The standard InChI is InChI=1S/C22H30N2O2/c1-18-9-7-8-12-20(18)22(2,3)17-23-21(26)24(15-16-25)14-13-19-10-5-4-6-11-19/h4-12,25H,13-17H2,1-3H3,(H,23,26). The first kappa shape index (κ1) is 20.0. The summed E-state index contributed by atoms with van der Waals surface area (Å²) in [6.45, 7) is 7.79. The maximum absolute atomic E-state index is 12.6. The van der Waals surface area contributed by atoms with Gasteiger partial charge in [-0.3, -0.25) is 0 Å². The summed E-state index contributed by atoms with van der Waals surface area (Å²) >= 11 is 0. The molecule has 0 spiro atoms. The number of aliphatic hydroxyl groups excluding tert-OH is 1. The Bertz CT molecular complexity index is 698. The van der Waals surface area contributed by atoms with Gasteiger partial charge in [0, 0.05) is 25.0 Å². The van der Waals surface area contributed by atoms with Crippen LogP contribution in [-0.2, 0) is 11.8 Å². The SMILES string of the molecule is Cc1ccccc1C(C)(C)CNC(=O)N(CCO)CCc1ccccc1. The fourth-order valence-corrected chi connectivity index (χ4v) is 3.18. The van der Waals surface area contributed by atoms with E-state index in [0.29, 0.717) is 19.6 Å². The number of carbonyl (C=O) groups is 1. The van der Waals surface area contributed by atoms with E-state index in [9.17, 15) is 9.90 Å². The second kappa shape index (κ2) is 9.39. The number of carbonyl (C=O) groups excluding carboxylic acids is 1. The van der Waals surface area contributed by atoms with Crippen molar-refractivity contribution in [2.24, 2.45) is 0 Å². The zero-order chi connectivity index (χ0) is 19.0. The van der Waals surface area contributed by atoms with Gasteiger partial charge in [0.05, 0.1) is 6.61 Å². The van der Waals surface area contributed by atoms with Crippen molar-refractivity contribution in [3.63, 3.8) is 0 Å². The van der Waals surface area contributed by atoms with E-state index >= 15 is 0 Å². The monoisotopic (exact) mass is 354 g/mol. The number of aliphatic hydroxyl groups is 1. The molecule has 4 heteroatoms. The maximum atomic E-state index is 12.6. The Kier molecular flexibility index (Phi) is 7.22. The van der Waals surface area contributed by atoms with Crippen molar-refractivity contribution < 1.29 is 9.90 Å². The minimum atomic E-state index is -0.161. The number of aryl methyl sites for hydroxylation is 1. The van der Waals surface area contributed by atoms with Crippen molar-refractivity contribution in [2.45, 2.75) is 32.6 Å². The van der Waals surface area contributed by atoms with Gasteiger partial charge in [0.1, 0.15) is 0 Å². The number of benzene rings is 2. The van der Waals surface area contributed by atoms with Gasteiger partial charge < -0.3 is 15.3 Å². The van der Waals surface area contributed by atoms with Crippen molar-refractivity contribution in [1.29, 1.82) is 0 Å². The smallest absolute Gasteiger partial charge is 0.317 e. The second-order valence-electron chi connectivity index (χ2n) is 7.30. The zero-order valence-corrected chi connectivity index (χ0v) is 16.0. The molecule has 0 heterocycles. The summed E-state index contributed by atoms with van der Waals surface area (Å²) in [5, 5.41) is 12.3. The number of hydrogen-bond acceptors (Lipinski definition) is 2. The molecular formula is C22H30N2O2. The van der Waals surface area contributed by atoms with E-state index in [-0.39, 0.29) is 18.1 Å². The Hall–Kier alpha value is -2.33. The minimum absolute atomic E-state index is 0.0383. The molecule has 0 aliphatic heterocycles. The number of nitrogens with one attached hydrogen (secondary N) is 1. The fraction of sp³-hybridized carbons (Fsp3) is 0.409. The lowest BCUT2D eigenvalue weighted by molar-refractivity contribution is 0.176. The third-order valence-electron chi connectivity index (χ3n) is 4.73. The van der Waals surface area contributed by atoms with Gasteiger partial charge in [-0.15, -0.1) is 0 Å². The Labute approximate surface area is 156 Å². The molecule has 0 saturated heterocycles. The Balaban J connectivity index is 1.95. The molecule has 2 aromatic carbocycles. The fourth-order valence-electron chi connectivity index (χ4n) is 3.18. The predicted octanol–water partition coefficient (Wildman–Crippen LogP) is 3.52. The molecule has 0 saturated carbocycles. The summed E-state index contributed by atoms with van der Waals surface area (Å²) in [6, 6.07) is 18.2. The molecule has 0 atom stereocenters. The molecular weight excluding hydrogens is 324 g/mol. The van der Waals surface area contributed by atoms with Gasteiger partial charge in [-0.2, -0.15) is 0 Å². The molecule has 0 radical (unpaired) electrons. The van der Waals surface area contributed by atoms with E-state index < -0.39 is 0 Å². The van der Waals surface area contributed by atoms with Crippen LogP contribution < -0.4 is 5.32 Å². The van der Waals surface area contributed by atoms with E-state index in [1.165, 1.54) is 16.7 Å². The molecule has 2 N–H and O–H groups in total. The molecule has 140 valence electrons. The summed E-state index contributed by atoms with van der Waals surface area (Å²) < 4.78 is 0. The van der Waals surface area contributed by atoms with Gasteiger partial charge in [-0.25, -0.2) is 4.79 Å². The van der Waals surface area contributed by atoms with Crippen LogP contribution in [0.15, 0.2) is 54.6 Å². The summed E-state index contributed by atoms with van der Waals surface area (Å²) in [5.41, 5.74) is 3.48. The van der Waals surface area contributed by atoms with Crippen LogP contribution in [0.5, 0.6) is 0 Å². The molecule has 0 unspecified atom stereocenters. The van der Waals surface area contributed by atoms with Gasteiger partial charge in [-0.1, -0.05) is 68.4 Å². The first-order valence-electron chi connectivity index (χ1n) is 9.18. The molecule has 0 fully saturated rings. The van der Waals surface area contributed by atoms with Gasteiger partial charge in [0.2, 0.25) is 0 Å². The molecule has 26 heavy (non-hydrogen) atoms. The number of nitrogens with zero attached hydrogens (tertiary/aromatic N) is 1. The Morgan fingerprint density at radius 1 is 1.04 bits per heavy atom. The minimum Gasteiger partial charge on any atom is -0.395 e. The van der Waals surface area contributed by atoms with Crippen molar-refractivity contribution in [3.05, 3.63) is 71.3 Å². The average molecular weight is 354 g/mol. The molecule has 0 aliphatic carbocycles. The van der Waals surface area contributed by atoms with E-state index in [4.69, 9.17) is 0 Å². The van der Waals surface area contributed by atoms with Gasteiger partial charge >= 0.3 is 6.03 Å². The highest BCUT2D eigenvalue weighted by Crippen LogP contribution is 2.25. The average Bonchev–Trinajstić information content (AvgIpc) is 2.64. The molecule has 2 aromatic rings. The highest BCUT2D eigenvalue weighted by molar-refractivity contribution is 5.74. The van der Waals surface area contributed by atoms with Crippen LogP contribution in [0.3, 0.4) is 0 Å². The van der Waals surface area contributed by atoms with Crippen molar-refractivity contribution in [2.75, 3.05) is 26.2 Å². The van der Waals surface area contributed by atoms with Crippen LogP contribution >= 0.6 is 0 Å². The van der Waals surface area contributed by atoms with Gasteiger partial charge in [-0.05, 0) is 30.0 Å². The summed E-state index contributed by atoms with van der Waals surface area (Å²) in [7, 11) is 0. The number of rotatable bonds is 8. The third kappa shape index (κ3) is 5.60. The molecule has 0 bridgehead atoms. The van der Waals surface area contributed by atoms with Crippen molar-refractivity contribution in [3.8, 4) is 0 Å². The number of amides is 2. The Morgan fingerprint density at radius 2 is 1.69 bits per heavy atom. The van der Waals surface area contributed by atoms with E-state index in [1.54, 1.807) is 4.90 Å². The molecule has 0 aliphatic rings. The highest BCUT2D eigenvalue weighted by Gasteiger charge is 2.24. The largest absolute Gasteiger partial charge is 0.395 e. The van der Waals surface area contributed by atoms with Crippen LogP contribution in [0.25, 0.3) is 0 Å². The molecule has 4 nitrogen and oxygen atoms in total. The van der Waals surface area contributed by atoms with Crippen LogP contribution in [0.1, 0.15) is 30.5 Å². The maximum Gasteiger partial charge on any atom is 0.317 e. The summed E-state index contributed by atoms with van der Waals surface area (Å²) in [6.07, 6.45) is 0.773. The highest BCUT2D eigenvalue weighted by atomic mass is 16.3. The Morgan fingerprint density at radius 3 is 2.35 bits per heavy atom. The second-order valence-corrected chi connectivity index (χ2v) is 7.30. The lowest BCUT2D eigenvalue weighted by Crippen LogP contribution is -2.46. The lowest BCUT2D eigenvalue weighted by Gasteiger charge is -2.29. The summed E-state index contributed by atoms with van der Waals surface area (Å²) in [5.74, 6) is 0. The number of urea groups is 1. The normalized spacial score (nSPS) is 11.2. The van der Waals surface area contributed by atoms with Crippen LogP contribution in [0.4, 0.5) is 4.79 Å². The topological polar surface area (TPSA) is 52.6 Å². The van der Waals surface area contributed by atoms with Crippen LogP contribution in [-0.4, -0.2) is 42.3 Å².